The molecule has 15 heavy (non-hydrogen) atoms. The molecule has 0 saturated carbocycles. The van der Waals surface area contributed by atoms with E-state index in [4.69, 9.17) is 5.73 Å². The number of hydrogen-bond donors (Lipinski definition) is 2. The number of halogens is 4. The second-order valence-electron chi connectivity index (χ2n) is 2.98. The molecule has 0 radical (unpaired) electrons. The summed E-state index contributed by atoms with van der Waals surface area (Å²) in [6.07, 6.45) is -4.41. The van der Waals surface area contributed by atoms with Crippen LogP contribution in [0.15, 0.2) is 24.3 Å². The molecule has 0 aliphatic rings. The molecule has 0 aliphatic heterocycles. The van der Waals surface area contributed by atoms with Gasteiger partial charge in [0.25, 0.3) is 0 Å². The number of anilines is 1. The quantitative estimate of drug-likeness (QED) is 0.769. The van der Waals surface area contributed by atoms with Crippen molar-refractivity contribution in [3.63, 3.8) is 0 Å². The number of hydrogen-bond acceptors (Lipinski definition) is 2. The van der Waals surface area contributed by atoms with Gasteiger partial charge in [-0.3, -0.25) is 0 Å². The van der Waals surface area contributed by atoms with Crippen LogP contribution in [0.4, 0.5) is 23.2 Å². The highest BCUT2D eigenvalue weighted by atomic mass is 19.4. The molecule has 0 spiro atoms. The van der Waals surface area contributed by atoms with Crippen LogP contribution in [0.2, 0.25) is 0 Å². The Balaban J connectivity index is 2.71. The van der Waals surface area contributed by atoms with Gasteiger partial charge in [0.15, 0.2) is 0 Å². The maximum atomic E-state index is 12.5. The number of nitrogens with one attached hydrogen (secondary N) is 1. The first-order valence-corrected chi connectivity index (χ1v) is 4.22. The molecular formula is C9H10F4N2. The van der Waals surface area contributed by atoms with E-state index in [9.17, 15) is 17.6 Å². The zero-order valence-corrected chi connectivity index (χ0v) is 7.68. The van der Waals surface area contributed by atoms with Crippen molar-refractivity contribution < 1.29 is 17.6 Å². The molecule has 1 atom stereocenters. The average Bonchev–Trinajstić information content (AvgIpc) is 2.15. The number of benzene rings is 1. The van der Waals surface area contributed by atoms with Gasteiger partial charge in [0.05, 0.1) is 0 Å². The summed E-state index contributed by atoms with van der Waals surface area (Å²) in [5.41, 5.74) is 5.16. The van der Waals surface area contributed by atoms with Gasteiger partial charge >= 0.3 is 6.18 Å². The van der Waals surface area contributed by atoms with Gasteiger partial charge < -0.3 is 11.1 Å². The Kier molecular flexibility index (Phi) is 3.52. The van der Waals surface area contributed by atoms with E-state index < -0.39 is 24.6 Å². The van der Waals surface area contributed by atoms with Gasteiger partial charge in [0.1, 0.15) is 11.9 Å². The Morgan fingerprint density at radius 3 is 2.13 bits per heavy atom. The summed E-state index contributed by atoms with van der Waals surface area (Å²) in [7, 11) is 0. The predicted octanol–water partition coefficient (Wildman–Crippen LogP) is 2.13. The molecule has 2 nitrogen and oxygen atoms in total. The van der Waals surface area contributed by atoms with E-state index in [1.165, 1.54) is 12.1 Å². The third-order valence-corrected chi connectivity index (χ3v) is 1.82. The van der Waals surface area contributed by atoms with Gasteiger partial charge in [-0.15, -0.1) is 0 Å². The van der Waals surface area contributed by atoms with Gasteiger partial charge in [-0.05, 0) is 24.3 Å². The highest BCUT2D eigenvalue weighted by molar-refractivity contribution is 5.44. The van der Waals surface area contributed by atoms with Crippen LogP contribution in [0.1, 0.15) is 0 Å². The summed E-state index contributed by atoms with van der Waals surface area (Å²) in [6.45, 7) is -0.569. The predicted molar refractivity (Wildman–Crippen MR) is 48.9 cm³/mol. The van der Waals surface area contributed by atoms with Gasteiger partial charge in [0.2, 0.25) is 0 Å². The Labute approximate surface area is 84.1 Å². The van der Waals surface area contributed by atoms with E-state index in [2.05, 4.69) is 5.32 Å². The lowest BCUT2D eigenvalue weighted by Gasteiger charge is -2.20. The van der Waals surface area contributed by atoms with Crippen LogP contribution in [0.3, 0.4) is 0 Å². The first kappa shape index (κ1) is 11.8. The summed E-state index contributed by atoms with van der Waals surface area (Å²) in [5, 5.41) is 2.18. The molecule has 1 aromatic rings. The molecule has 0 amide bonds. The van der Waals surface area contributed by atoms with Gasteiger partial charge in [-0.1, -0.05) is 0 Å². The fraction of sp³-hybridized carbons (Fsp3) is 0.333. The summed E-state index contributed by atoms with van der Waals surface area (Å²) in [6, 6.07) is 2.79. The first-order valence-electron chi connectivity index (χ1n) is 4.22. The Hall–Kier alpha value is -1.30. The molecule has 0 heterocycles. The van der Waals surface area contributed by atoms with Crippen molar-refractivity contribution in [2.75, 3.05) is 11.9 Å². The molecule has 1 rings (SSSR count). The molecule has 1 aromatic carbocycles. The summed E-state index contributed by atoms with van der Waals surface area (Å²) in [4.78, 5) is 0. The minimum Gasteiger partial charge on any atom is -0.373 e. The van der Waals surface area contributed by atoms with Crippen LogP contribution < -0.4 is 11.1 Å². The van der Waals surface area contributed by atoms with Crippen LogP contribution >= 0.6 is 0 Å². The maximum absolute atomic E-state index is 12.5. The van der Waals surface area contributed by atoms with E-state index in [0.717, 1.165) is 12.1 Å². The normalized spacial score (nSPS) is 13.7. The van der Waals surface area contributed by atoms with Crippen molar-refractivity contribution in [2.24, 2.45) is 5.73 Å². The monoisotopic (exact) mass is 222 g/mol. The van der Waals surface area contributed by atoms with E-state index in [0.29, 0.717) is 0 Å². The standard InChI is InChI=1S/C9H10F4N2/c10-6-1-3-7(4-2-6)15-8(5-14)9(11,12)13/h1-4,8,15H,5,14H2. The third-order valence-electron chi connectivity index (χ3n) is 1.82. The third kappa shape index (κ3) is 3.39. The highest BCUT2D eigenvalue weighted by Crippen LogP contribution is 2.23. The van der Waals surface area contributed by atoms with Crippen molar-refractivity contribution in [2.45, 2.75) is 12.2 Å². The Morgan fingerprint density at radius 2 is 1.73 bits per heavy atom. The summed E-state index contributed by atoms with van der Waals surface area (Å²) in [5.74, 6) is -0.503. The van der Waals surface area contributed by atoms with Gasteiger partial charge in [-0.25, -0.2) is 4.39 Å². The van der Waals surface area contributed by atoms with Crippen LogP contribution in [-0.4, -0.2) is 18.8 Å². The SMILES string of the molecule is NCC(Nc1ccc(F)cc1)C(F)(F)F. The second kappa shape index (κ2) is 4.48. The molecule has 84 valence electrons. The zero-order valence-electron chi connectivity index (χ0n) is 7.68. The molecule has 6 heteroatoms. The summed E-state index contributed by atoms with van der Waals surface area (Å²) < 4.78 is 49.3. The van der Waals surface area contributed by atoms with Gasteiger partial charge in [-0.2, -0.15) is 13.2 Å². The number of rotatable bonds is 3. The lowest BCUT2D eigenvalue weighted by molar-refractivity contribution is -0.140. The van der Waals surface area contributed by atoms with Crippen molar-refractivity contribution in [3.8, 4) is 0 Å². The topological polar surface area (TPSA) is 38.0 Å². The van der Waals surface area contributed by atoms with Crippen LogP contribution in [-0.2, 0) is 0 Å². The second-order valence-corrected chi connectivity index (χ2v) is 2.98. The average molecular weight is 222 g/mol. The van der Waals surface area contributed by atoms with E-state index >= 15 is 0 Å². The molecule has 0 bridgehead atoms. The zero-order chi connectivity index (χ0) is 11.5. The van der Waals surface area contributed by atoms with Crippen molar-refractivity contribution in [1.82, 2.24) is 0 Å². The molecule has 0 aromatic heterocycles. The van der Waals surface area contributed by atoms with E-state index in [-0.39, 0.29) is 5.69 Å². The largest absolute Gasteiger partial charge is 0.409 e. The van der Waals surface area contributed by atoms with Crippen LogP contribution in [0, 0.1) is 5.82 Å². The fourth-order valence-corrected chi connectivity index (χ4v) is 1.02. The summed E-state index contributed by atoms with van der Waals surface area (Å²) >= 11 is 0. The van der Waals surface area contributed by atoms with E-state index in [1.807, 2.05) is 0 Å². The van der Waals surface area contributed by atoms with E-state index in [1.54, 1.807) is 0 Å². The smallest absolute Gasteiger partial charge is 0.373 e. The van der Waals surface area contributed by atoms with Crippen molar-refractivity contribution >= 4 is 5.69 Å². The lowest BCUT2D eigenvalue weighted by Crippen LogP contribution is -2.42. The molecular weight excluding hydrogens is 212 g/mol. The Morgan fingerprint density at radius 1 is 1.20 bits per heavy atom. The van der Waals surface area contributed by atoms with Crippen LogP contribution in [0.5, 0.6) is 0 Å². The molecule has 0 saturated heterocycles. The van der Waals surface area contributed by atoms with Crippen molar-refractivity contribution in [1.29, 1.82) is 0 Å². The Bertz CT molecular complexity index is 307. The minimum absolute atomic E-state index is 0.184. The van der Waals surface area contributed by atoms with Crippen LogP contribution in [0.25, 0.3) is 0 Å². The molecule has 0 fully saturated rings. The van der Waals surface area contributed by atoms with Crippen molar-refractivity contribution in [3.05, 3.63) is 30.1 Å². The lowest BCUT2D eigenvalue weighted by atomic mass is 10.2. The first-order chi connectivity index (χ1) is 6.93. The molecule has 0 aliphatic carbocycles. The highest BCUT2D eigenvalue weighted by Gasteiger charge is 2.38. The molecule has 3 N–H and O–H groups in total. The van der Waals surface area contributed by atoms with Gasteiger partial charge in [0, 0.05) is 12.2 Å². The molecule has 1 unspecified atom stereocenters. The minimum atomic E-state index is -4.41. The number of alkyl halides is 3. The number of nitrogens with two attached hydrogens (primary N) is 1. The maximum Gasteiger partial charge on any atom is 0.409 e. The fourth-order valence-electron chi connectivity index (χ4n) is 1.02.